The molecule has 88 valence electrons. The van der Waals surface area contributed by atoms with E-state index < -0.39 is 5.97 Å². The zero-order valence-electron chi connectivity index (χ0n) is 9.19. The van der Waals surface area contributed by atoms with Crippen molar-refractivity contribution in [2.24, 2.45) is 5.73 Å². The summed E-state index contributed by atoms with van der Waals surface area (Å²) in [6.07, 6.45) is 1.59. The van der Waals surface area contributed by atoms with E-state index in [1.807, 2.05) is 24.3 Å². The third-order valence-corrected chi connectivity index (χ3v) is 2.19. The van der Waals surface area contributed by atoms with E-state index in [-0.39, 0.29) is 6.42 Å². The first kappa shape index (κ1) is 12.5. The quantitative estimate of drug-likeness (QED) is 0.691. The maximum atomic E-state index is 10.3. The summed E-state index contributed by atoms with van der Waals surface area (Å²) in [5, 5.41) is 8.44. The van der Waals surface area contributed by atoms with E-state index in [1.54, 1.807) is 0 Å². The second-order valence-corrected chi connectivity index (χ2v) is 3.55. The molecule has 0 saturated carbocycles. The first-order valence-electron chi connectivity index (χ1n) is 5.36. The van der Waals surface area contributed by atoms with Crippen LogP contribution < -0.4 is 10.5 Å². The highest BCUT2D eigenvalue weighted by Gasteiger charge is 1.98. The number of rotatable bonds is 7. The fourth-order valence-corrected chi connectivity index (χ4v) is 1.33. The number of aliphatic carboxylic acids is 1. The highest BCUT2D eigenvalue weighted by atomic mass is 16.5. The van der Waals surface area contributed by atoms with Crippen LogP contribution >= 0.6 is 0 Å². The predicted molar refractivity (Wildman–Crippen MR) is 61.3 cm³/mol. The van der Waals surface area contributed by atoms with Gasteiger partial charge in [0.15, 0.2) is 0 Å². The Hall–Kier alpha value is -1.55. The molecule has 0 bridgehead atoms. The van der Waals surface area contributed by atoms with E-state index in [1.165, 1.54) is 0 Å². The molecule has 0 aliphatic rings. The molecule has 0 atom stereocenters. The van der Waals surface area contributed by atoms with Gasteiger partial charge in [-0.25, -0.2) is 0 Å². The van der Waals surface area contributed by atoms with E-state index in [0.29, 0.717) is 19.6 Å². The zero-order chi connectivity index (χ0) is 11.8. The van der Waals surface area contributed by atoms with Crippen LogP contribution in [0.15, 0.2) is 24.3 Å². The molecule has 1 aromatic carbocycles. The number of nitrogens with two attached hydrogens (primary N) is 1. The lowest BCUT2D eigenvalue weighted by Crippen LogP contribution is -2.01. The van der Waals surface area contributed by atoms with E-state index in [0.717, 1.165) is 17.7 Å². The maximum Gasteiger partial charge on any atom is 0.303 e. The van der Waals surface area contributed by atoms with Gasteiger partial charge in [-0.15, -0.1) is 0 Å². The molecule has 1 rings (SSSR count). The normalized spacial score (nSPS) is 10.1. The van der Waals surface area contributed by atoms with Crippen molar-refractivity contribution in [1.29, 1.82) is 0 Å². The van der Waals surface area contributed by atoms with Gasteiger partial charge in [-0.2, -0.15) is 0 Å². The van der Waals surface area contributed by atoms with Gasteiger partial charge in [0, 0.05) is 13.0 Å². The second-order valence-electron chi connectivity index (χ2n) is 3.55. The number of hydrogen-bond donors (Lipinski definition) is 2. The lowest BCUT2D eigenvalue weighted by molar-refractivity contribution is -0.137. The van der Waals surface area contributed by atoms with Crippen molar-refractivity contribution in [3.63, 3.8) is 0 Å². The van der Waals surface area contributed by atoms with E-state index in [9.17, 15) is 4.79 Å². The molecule has 0 saturated heterocycles. The lowest BCUT2D eigenvalue weighted by Gasteiger charge is -2.06. The van der Waals surface area contributed by atoms with Crippen molar-refractivity contribution in [2.75, 3.05) is 6.61 Å². The Morgan fingerprint density at radius 3 is 2.88 bits per heavy atom. The molecule has 0 aliphatic heterocycles. The molecular formula is C12H17NO3. The smallest absolute Gasteiger partial charge is 0.303 e. The van der Waals surface area contributed by atoms with Gasteiger partial charge in [0.05, 0.1) is 6.61 Å². The summed E-state index contributed by atoms with van der Waals surface area (Å²) in [4.78, 5) is 10.3. The Bertz CT molecular complexity index is 339. The van der Waals surface area contributed by atoms with Crippen molar-refractivity contribution in [1.82, 2.24) is 0 Å². The van der Waals surface area contributed by atoms with Crippen molar-refractivity contribution in [3.8, 4) is 5.75 Å². The van der Waals surface area contributed by atoms with Crippen LogP contribution in [-0.2, 0) is 11.3 Å². The average molecular weight is 223 g/mol. The number of carboxylic acid groups (broad SMARTS) is 1. The number of carboxylic acids is 1. The largest absolute Gasteiger partial charge is 0.494 e. The molecule has 4 heteroatoms. The third-order valence-electron chi connectivity index (χ3n) is 2.19. The Labute approximate surface area is 95.0 Å². The van der Waals surface area contributed by atoms with E-state index in [2.05, 4.69) is 0 Å². The van der Waals surface area contributed by atoms with Crippen LogP contribution in [0.25, 0.3) is 0 Å². The second kappa shape index (κ2) is 6.85. The van der Waals surface area contributed by atoms with Crippen LogP contribution in [0.2, 0.25) is 0 Å². The van der Waals surface area contributed by atoms with E-state index in [4.69, 9.17) is 15.6 Å². The fourth-order valence-electron chi connectivity index (χ4n) is 1.33. The summed E-state index contributed by atoms with van der Waals surface area (Å²) < 4.78 is 5.48. The summed E-state index contributed by atoms with van der Waals surface area (Å²) >= 11 is 0. The van der Waals surface area contributed by atoms with Gasteiger partial charge >= 0.3 is 5.97 Å². The van der Waals surface area contributed by atoms with Crippen molar-refractivity contribution in [2.45, 2.75) is 25.8 Å². The fraction of sp³-hybridized carbons (Fsp3) is 0.417. The van der Waals surface area contributed by atoms with Crippen molar-refractivity contribution < 1.29 is 14.6 Å². The van der Waals surface area contributed by atoms with Gasteiger partial charge < -0.3 is 15.6 Å². The first-order valence-corrected chi connectivity index (χ1v) is 5.36. The summed E-state index contributed by atoms with van der Waals surface area (Å²) in [7, 11) is 0. The number of ether oxygens (including phenoxy) is 1. The molecule has 0 amide bonds. The number of benzene rings is 1. The molecule has 16 heavy (non-hydrogen) atoms. The maximum absolute atomic E-state index is 10.3. The van der Waals surface area contributed by atoms with Gasteiger partial charge in [0.2, 0.25) is 0 Å². The Morgan fingerprint density at radius 2 is 2.19 bits per heavy atom. The molecular weight excluding hydrogens is 206 g/mol. The number of hydrogen-bond acceptors (Lipinski definition) is 3. The molecule has 0 aliphatic carbocycles. The van der Waals surface area contributed by atoms with E-state index >= 15 is 0 Å². The highest BCUT2D eigenvalue weighted by Crippen LogP contribution is 2.13. The van der Waals surface area contributed by atoms with Gasteiger partial charge in [-0.3, -0.25) is 4.79 Å². The number of carbonyl (C=O) groups is 1. The Kier molecular flexibility index (Phi) is 5.36. The minimum Gasteiger partial charge on any atom is -0.494 e. The molecule has 3 N–H and O–H groups in total. The third kappa shape index (κ3) is 4.79. The topological polar surface area (TPSA) is 72.5 Å². The molecule has 4 nitrogen and oxygen atoms in total. The predicted octanol–water partition coefficient (Wildman–Crippen LogP) is 1.78. The van der Waals surface area contributed by atoms with Gasteiger partial charge in [-0.05, 0) is 30.5 Å². The van der Waals surface area contributed by atoms with Gasteiger partial charge in [0.25, 0.3) is 0 Å². The molecule has 0 aromatic heterocycles. The Balaban J connectivity index is 2.23. The van der Waals surface area contributed by atoms with Crippen LogP contribution in [0.3, 0.4) is 0 Å². The summed E-state index contributed by atoms with van der Waals surface area (Å²) in [6.45, 7) is 1.04. The summed E-state index contributed by atoms with van der Waals surface area (Å²) in [5.74, 6) is 0.0309. The summed E-state index contributed by atoms with van der Waals surface area (Å²) in [5.41, 5.74) is 6.54. The van der Waals surface area contributed by atoms with Crippen LogP contribution in [0, 0.1) is 0 Å². The van der Waals surface area contributed by atoms with Crippen LogP contribution in [0.1, 0.15) is 24.8 Å². The van der Waals surface area contributed by atoms with Crippen LogP contribution in [0.5, 0.6) is 5.75 Å². The molecule has 1 aromatic rings. The number of unbranched alkanes of at least 4 members (excludes halogenated alkanes) is 1. The SMILES string of the molecule is NCc1cccc(OCCCCC(=O)O)c1. The van der Waals surface area contributed by atoms with Crippen molar-refractivity contribution >= 4 is 5.97 Å². The van der Waals surface area contributed by atoms with Crippen molar-refractivity contribution in [3.05, 3.63) is 29.8 Å². The minimum absolute atomic E-state index is 0.201. The zero-order valence-corrected chi connectivity index (χ0v) is 9.19. The van der Waals surface area contributed by atoms with Gasteiger partial charge in [-0.1, -0.05) is 12.1 Å². The highest BCUT2D eigenvalue weighted by molar-refractivity contribution is 5.66. The Morgan fingerprint density at radius 1 is 1.38 bits per heavy atom. The molecule has 0 heterocycles. The lowest BCUT2D eigenvalue weighted by atomic mass is 10.2. The van der Waals surface area contributed by atoms with Crippen LogP contribution in [0.4, 0.5) is 0 Å². The minimum atomic E-state index is -0.759. The molecule has 0 radical (unpaired) electrons. The molecule has 0 fully saturated rings. The standard InChI is InChI=1S/C12H17NO3/c13-9-10-4-3-5-11(8-10)16-7-2-1-6-12(14)15/h3-5,8H,1-2,6-7,9,13H2,(H,14,15). The molecule has 0 unspecified atom stereocenters. The average Bonchev–Trinajstić information content (AvgIpc) is 2.28. The van der Waals surface area contributed by atoms with Crippen LogP contribution in [-0.4, -0.2) is 17.7 Å². The first-order chi connectivity index (χ1) is 7.72. The molecule has 0 spiro atoms. The monoisotopic (exact) mass is 223 g/mol. The summed E-state index contributed by atoms with van der Waals surface area (Å²) in [6, 6.07) is 7.61. The van der Waals surface area contributed by atoms with Gasteiger partial charge in [0.1, 0.15) is 5.75 Å².